The predicted molar refractivity (Wildman–Crippen MR) is 180 cm³/mol. The van der Waals surface area contributed by atoms with Crippen LogP contribution >= 0.6 is 11.6 Å². The van der Waals surface area contributed by atoms with Crippen molar-refractivity contribution in [3.63, 3.8) is 0 Å². The number of nitrogens with zero attached hydrogens (tertiary/aromatic N) is 1. The van der Waals surface area contributed by atoms with Gasteiger partial charge in [0.2, 0.25) is 17.7 Å². The van der Waals surface area contributed by atoms with E-state index in [-0.39, 0.29) is 23.3 Å². The summed E-state index contributed by atoms with van der Waals surface area (Å²) in [7, 11) is 0. The Bertz CT molecular complexity index is 1340. The van der Waals surface area contributed by atoms with Gasteiger partial charge in [0, 0.05) is 36.1 Å². The highest BCUT2D eigenvalue weighted by atomic mass is 35.5. The normalized spacial score (nSPS) is 22.9. The Morgan fingerprint density at radius 2 is 1.62 bits per heavy atom. The van der Waals surface area contributed by atoms with Crippen LogP contribution in [0.2, 0.25) is 5.02 Å². The van der Waals surface area contributed by atoms with Crippen molar-refractivity contribution in [3.05, 3.63) is 70.2 Å². The Morgan fingerprint density at radius 3 is 2.29 bits per heavy atom. The molecule has 2 aromatic rings. The largest absolute Gasteiger partial charge is 0.351 e. The number of nitrogens with one attached hydrogen (secondary N) is 2. The molecule has 3 amide bonds. The maximum absolute atomic E-state index is 14.3. The smallest absolute Gasteiger partial charge is 0.245 e. The summed E-state index contributed by atoms with van der Waals surface area (Å²) in [5.74, 6) is -0.243. The number of amides is 3. The first-order valence-corrected chi connectivity index (χ1v) is 17.3. The molecule has 5 rings (SSSR count). The van der Waals surface area contributed by atoms with Gasteiger partial charge < -0.3 is 21.3 Å². The van der Waals surface area contributed by atoms with E-state index in [9.17, 15) is 14.4 Å². The summed E-state index contributed by atoms with van der Waals surface area (Å²) < 4.78 is 0. The standard InChI is InChI=1S/C37H51ClN4O3/c1-36(2,3)41-35(45)37(27-12-5-4-6-13-27)20-22-42(23-21-37)34(44)31(24-25-16-18-28(38)19-17-25)40-33(43)30-15-9-11-26-10-7-8-14-29(26)32(30)39/h7-8,10,14,16-19,27,30-32H,4-6,9,11-13,15,20-24,39H2,1-3H3,(H,40,43)(H,41,45)/t30?,31-,32?/m1/s1. The summed E-state index contributed by atoms with van der Waals surface area (Å²) in [6.07, 6.45) is 9.70. The monoisotopic (exact) mass is 634 g/mol. The number of hydrogen-bond acceptors (Lipinski definition) is 4. The third kappa shape index (κ3) is 7.91. The number of carbonyl (C=O) groups excluding carboxylic acids is 3. The first-order valence-electron chi connectivity index (χ1n) is 17.0. The van der Waals surface area contributed by atoms with E-state index in [4.69, 9.17) is 17.3 Å². The number of benzene rings is 2. The van der Waals surface area contributed by atoms with Gasteiger partial charge in [-0.3, -0.25) is 14.4 Å². The third-order valence-electron chi connectivity index (χ3n) is 10.4. The molecule has 2 aromatic carbocycles. The Morgan fingerprint density at radius 1 is 0.956 bits per heavy atom. The molecular formula is C37H51ClN4O3. The van der Waals surface area contributed by atoms with Crippen LogP contribution < -0.4 is 16.4 Å². The van der Waals surface area contributed by atoms with Crippen LogP contribution in [0.4, 0.5) is 0 Å². The molecule has 7 nitrogen and oxygen atoms in total. The van der Waals surface area contributed by atoms with Crippen LogP contribution in [0.3, 0.4) is 0 Å². The van der Waals surface area contributed by atoms with Gasteiger partial charge in [0.15, 0.2) is 0 Å². The van der Waals surface area contributed by atoms with Crippen molar-refractivity contribution in [1.82, 2.24) is 15.5 Å². The van der Waals surface area contributed by atoms with E-state index in [1.54, 1.807) is 0 Å². The lowest BCUT2D eigenvalue weighted by Gasteiger charge is -2.48. The second-order valence-electron chi connectivity index (χ2n) is 14.6. The lowest BCUT2D eigenvalue weighted by molar-refractivity contribution is -0.147. The minimum Gasteiger partial charge on any atom is -0.351 e. The van der Waals surface area contributed by atoms with Gasteiger partial charge in [-0.05, 0) is 100 Å². The molecule has 3 aliphatic rings. The van der Waals surface area contributed by atoms with Crippen LogP contribution in [0, 0.1) is 17.3 Å². The van der Waals surface area contributed by atoms with Crippen LogP contribution in [0.5, 0.6) is 0 Å². The average Bonchev–Trinajstić information content (AvgIpc) is 3.19. The summed E-state index contributed by atoms with van der Waals surface area (Å²) in [5, 5.41) is 7.06. The quantitative estimate of drug-likeness (QED) is 0.319. The fourth-order valence-electron chi connectivity index (χ4n) is 7.91. The number of fused-ring (bicyclic) bond motifs is 1. The molecular weight excluding hydrogens is 584 g/mol. The number of nitrogens with two attached hydrogens (primary N) is 1. The summed E-state index contributed by atoms with van der Waals surface area (Å²) in [6.45, 7) is 7.08. The van der Waals surface area contributed by atoms with Crippen LogP contribution in [0.25, 0.3) is 0 Å². The van der Waals surface area contributed by atoms with Crippen LogP contribution in [0.15, 0.2) is 48.5 Å². The minimum absolute atomic E-state index is 0.102. The number of hydrogen-bond donors (Lipinski definition) is 3. The van der Waals surface area contributed by atoms with E-state index in [0.29, 0.717) is 49.7 Å². The van der Waals surface area contributed by atoms with Crippen molar-refractivity contribution in [3.8, 4) is 0 Å². The molecule has 0 radical (unpaired) electrons. The maximum Gasteiger partial charge on any atom is 0.245 e. The first kappa shape index (κ1) is 33.5. The summed E-state index contributed by atoms with van der Waals surface area (Å²) >= 11 is 6.16. The van der Waals surface area contributed by atoms with Gasteiger partial charge in [0.25, 0.3) is 0 Å². The highest BCUT2D eigenvalue weighted by Gasteiger charge is 2.49. The van der Waals surface area contributed by atoms with Gasteiger partial charge in [-0.2, -0.15) is 0 Å². The summed E-state index contributed by atoms with van der Waals surface area (Å²) in [6, 6.07) is 14.4. The zero-order chi connectivity index (χ0) is 32.2. The van der Waals surface area contributed by atoms with Gasteiger partial charge in [-0.25, -0.2) is 0 Å². The number of rotatable bonds is 7. The van der Waals surface area contributed by atoms with E-state index in [1.165, 1.54) is 12.0 Å². The Balaban J connectivity index is 1.34. The van der Waals surface area contributed by atoms with Crippen molar-refractivity contribution in [2.75, 3.05) is 13.1 Å². The van der Waals surface area contributed by atoms with Gasteiger partial charge in [0.1, 0.15) is 6.04 Å². The molecule has 1 saturated heterocycles. The van der Waals surface area contributed by atoms with Gasteiger partial charge >= 0.3 is 0 Å². The third-order valence-corrected chi connectivity index (χ3v) is 10.7. The van der Waals surface area contributed by atoms with E-state index in [2.05, 4.69) is 16.7 Å². The van der Waals surface area contributed by atoms with E-state index in [1.807, 2.05) is 68.1 Å². The van der Waals surface area contributed by atoms with E-state index in [0.717, 1.165) is 49.7 Å². The average molecular weight is 635 g/mol. The van der Waals surface area contributed by atoms with Crippen molar-refractivity contribution >= 4 is 29.3 Å². The fraction of sp³-hybridized carbons (Fsp3) is 0.595. The minimum atomic E-state index is -0.741. The second-order valence-corrected chi connectivity index (χ2v) is 15.1. The summed E-state index contributed by atoms with van der Waals surface area (Å²) in [5.41, 5.74) is 9.06. The van der Waals surface area contributed by atoms with E-state index >= 15 is 0 Å². The van der Waals surface area contributed by atoms with Gasteiger partial charge in [0.05, 0.1) is 11.3 Å². The summed E-state index contributed by atoms with van der Waals surface area (Å²) in [4.78, 5) is 43.9. The Hall–Kier alpha value is -2.90. The SMILES string of the molecule is CC(C)(C)NC(=O)C1(C2CCCCC2)CCN(C(=O)[C@@H](Cc2ccc(Cl)cc2)NC(=O)C2CCCc3ccccc3C2N)CC1. The lowest BCUT2D eigenvalue weighted by Crippen LogP contribution is -2.59. The molecule has 4 N–H and O–H groups in total. The zero-order valence-electron chi connectivity index (χ0n) is 27.2. The highest BCUT2D eigenvalue weighted by Crippen LogP contribution is 2.46. The van der Waals surface area contributed by atoms with Gasteiger partial charge in [-0.1, -0.05) is 67.3 Å². The fourth-order valence-corrected chi connectivity index (χ4v) is 8.04. The topological polar surface area (TPSA) is 105 Å². The number of likely N-dealkylation sites (tertiary alicyclic amines) is 1. The van der Waals surface area contributed by atoms with E-state index < -0.39 is 23.4 Å². The van der Waals surface area contributed by atoms with Crippen molar-refractivity contribution < 1.29 is 14.4 Å². The molecule has 2 unspecified atom stereocenters. The number of halogens is 1. The van der Waals surface area contributed by atoms with Gasteiger partial charge in [-0.15, -0.1) is 0 Å². The predicted octanol–water partition coefficient (Wildman–Crippen LogP) is 6.12. The Labute approximate surface area is 274 Å². The second kappa shape index (κ2) is 14.3. The highest BCUT2D eigenvalue weighted by molar-refractivity contribution is 6.30. The van der Waals surface area contributed by atoms with Crippen LogP contribution in [-0.4, -0.2) is 47.3 Å². The number of aryl methyl sites for hydroxylation is 1. The number of piperidine rings is 1. The maximum atomic E-state index is 14.3. The van der Waals surface area contributed by atoms with Crippen LogP contribution in [-0.2, 0) is 27.2 Å². The zero-order valence-corrected chi connectivity index (χ0v) is 28.0. The molecule has 0 aromatic heterocycles. The lowest BCUT2D eigenvalue weighted by atomic mass is 9.63. The Kier molecular flexibility index (Phi) is 10.6. The molecule has 2 fully saturated rings. The molecule has 0 bridgehead atoms. The molecule has 3 atom stereocenters. The molecule has 0 spiro atoms. The molecule has 1 saturated carbocycles. The first-order chi connectivity index (χ1) is 21.5. The molecule has 1 heterocycles. The van der Waals surface area contributed by atoms with Crippen LogP contribution in [0.1, 0.15) is 101 Å². The van der Waals surface area contributed by atoms with Crippen molar-refractivity contribution in [2.24, 2.45) is 23.0 Å². The van der Waals surface area contributed by atoms with Crippen molar-refractivity contribution in [1.29, 1.82) is 0 Å². The van der Waals surface area contributed by atoms with Crippen molar-refractivity contribution in [2.45, 2.75) is 109 Å². The molecule has 1 aliphatic heterocycles. The molecule has 45 heavy (non-hydrogen) atoms. The number of carbonyl (C=O) groups is 3. The molecule has 8 heteroatoms. The molecule has 2 aliphatic carbocycles. The molecule has 244 valence electrons.